The molecule has 7 unspecified atom stereocenters. The van der Waals surface area contributed by atoms with E-state index < -0.39 is 49.5 Å². The summed E-state index contributed by atoms with van der Waals surface area (Å²) in [6.07, 6.45) is 67.6. The zero-order valence-electron chi connectivity index (χ0n) is 50.0. The number of carbonyl (C=O) groups is 1. The second-order valence-electron chi connectivity index (χ2n) is 23.3. The highest BCUT2D eigenvalue weighted by Crippen LogP contribution is 2.24. The Balaban J connectivity index is 2.15. The fourth-order valence-electron chi connectivity index (χ4n) is 10.8. The van der Waals surface area contributed by atoms with Crippen molar-refractivity contribution in [1.29, 1.82) is 0 Å². The molecule has 1 aliphatic heterocycles. The Kier molecular flexibility index (Phi) is 54.0. The number of nitrogens with one attached hydrogen (secondary N) is 1. The topological polar surface area (TPSA) is 149 Å². The molecule has 6 N–H and O–H groups in total. The van der Waals surface area contributed by atoms with Gasteiger partial charge in [0.2, 0.25) is 5.91 Å². The zero-order valence-corrected chi connectivity index (χ0v) is 50.0. The predicted octanol–water partition coefficient (Wildman–Crippen LogP) is 17.5. The van der Waals surface area contributed by atoms with Crippen LogP contribution in [0.15, 0.2) is 36.5 Å². The third-order valence-electron chi connectivity index (χ3n) is 16.0. The van der Waals surface area contributed by atoms with Crippen molar-refractivity contribution in [1.82, 2.24) is 5.32 Å². The first-order chi connectivity index (χ1) is 37.3. The minimum atomic E-state index is -1.55. The molecular weight excluding hydrogens is 947 g/mol. The normalized spacial score (nSPS) is 19.0. The Morgan fingerprint density at radius 1 is 0.447 bits per heavy atom. The van der Waals surface area contributed by atoms with Crippen molar-refractivity contribution < 1.29 is 39.8 Å². The van der Waals surface area contributed by atoms with Crippen LogP contribution in [0.4, 0.5) is 0 Å². The Morgan fingerprint density at radius 3 is 1.14 bits per heavy atom. The van der Waals surface area contributed by atoms with E-state index in [1.807, 2.05) is 0 Å². The van der Waals surface area contributed by atoms with Gasteiger partial charge in [-0.2, -0.15) is 0 Å². The van der Waals surface area contributed by atoms with Gasteiger partial charge in [-0.1, -0.05) is 307 Å². The van der Waals surface area contributed by atoms with E-state index in [4.69, 9.17) is 9.47 Å². The van der Waals surface area contributed by atoms with E-state index in [-0.39, 0.29) is 12.5 Å². The van der Waals surface area contributed by atoms with E-state index in [0.717, 1.165) is 51.4 Å². The number of allylic oxidation sites excluding steroid dienone is 6. The van der Waals surface area contributed by atoms with Crippen LogP contribution in [0.1, 0.15) is 328 Å². The van der Waals surface area contributed by atoms with Gasteiger partial charge in [0.15, 0.2) is 6.29 Å². The monoisotopic (exact) mass is 1070 g/mol. The SMILES string of the molecule is CCCCCCC/C=C\C/C=C\C/C=C\CCCCCCCCCCCCCCC(=O)NC(COC1OC(CO)C(O)C(O)C1O)C(O)CCCCCCCCCCCCCCCCCCCCCCCCCCCC. The molecule has 1 amide bonds. The van der Waals surface area contributed by atoms with Crippen LogP contribution in [0.2, 0.25) is 0 Å². The average Bonchev–Trinajstić information content (AvgIpc) is 3.42. The second kappa shape index (κ2) is 56.7. The number of rotatable bonds is 58. The number of hydrogen-bond donors (Lipinski definition) is 6. The van der Waals surface area contributed by atoms with Gasteiger partial charge in [0, 0.05) is 6.42 Å². The minimum absolute atomic E-state index is 0.137. The third kappa shape index (κ3) is 45.2. The average molecular weight is 1070 g/mol. The van der Waals surface area contributed by atoms with Crippen molar-refractivity contribution in [2.75, 3.05) is 13.2 Å². The van der Waals surface area contributed by atoms with E-state index in [2.05, 4.69) is 55.6 Å². The number of aliphatic hydroxyl groups is 5. The molecule has 0 bridgehead atoms. The number of aliphatic hydroxyl groups excluding tert-OH is 5. The van der Waals surface area contributed by atoms with Crippen LogP contribution in [0, 0.1) is 0 Å². The fourth-order valence-corrected chi connectivity index (χ4v) is 10.8. The maximum absolute atomic E-state index is 13.1. The summed E-state index contributed by atoms with van der Waals surface area (Å²) < 4.78 is 11.4. The van der Waals surface area contributed by atoms with E-state index in [1.54, 1.807) is 0 Å². The van der Waals surface area contributed by atoms with Crippen molar-refractivity contribution in [2.24, 2.45) is 0 Å². The second-order valence-corrected chi connectivity index (χ2v) is 23.3. The van der Waals surface area contributed by atoms with Crippen molar-refractivity contribution in [3.05, 3.63) is 36.5 Å². The summed E-state index contributed by atoms with van der Waals surface area (Å²) in [5.41, 5.74) is 0. The lowest BCUT2D eigenvalue weighted by Crippen LogP contribution is -2.60. The molecule has 1 rings (SSSR count). The van der Waals surface area contributed by atoms with Crippen LogP contribution >= 0.6 is 0 Å². The predicted molar refractivity (Wildman–Crippen MR) is 323 cm³/mol. The molecule has 1 heterocycles. The maximum Gasteiger partial charge on any atom is 0.220 e. The summed E-state index contributed by atoms with van der Waals surface area (Å²) in [4.78, 5) is 13.1. The zero-order chi connectivity index (χ0) is 55.0. The van der Waals surface area contributed by atoms with Crippen LogP contribution < -0.4 is 5.32 Å². The van der Waals surface area contributed by atoms with Gasteiger partial charge in [0.1, 0.15) is 24.4 Å². The van der Waals surface area contributed by atoms with E-state index in [0.29, 0.717) is 12.8 Å². The first kappa shape index (κ1) is 72.4. The van der Waals surface area contributed by atoms with Crippen LogP contribution in [0.3, 0.4) is 0 Å². The molecule has 9 nitrogen and oxygen atoms in total. The molecule has 1 aliphatic rings. The first-order valence-electron chi connectivity index (χ1n) is 33.2. The summed E-state index contributed by atoms with van der Waals surface area (Å²) >= 11 is 0. The van der Waals surface area contributed by atoms with Gasteiger partial charge in [0.25, 0.3) is 0 Å². The summed E-state index contributed by atoms with van der Waals surface area (Å²) in [6, 6.07) is -0.722. The van der Waals surface area contributed by atoms with Crippen LogP contribution in [0.25, 0.3) is 0 Å². The highest BCUT2D eigenvalue weighted by molar-refractivity contribution is 5.76. The van der Waals surface area contributed by atoms with Crippen molar-refractivity contribution in [2.45, 2.75) is 371 Å². The number of amides is 1. The van der Waals surface area contributed by atoms with E-state index >= 15 is 0 Å². The highest BCUT2D eigenvalue weighted by atomic mass is 16.7. The Bertz CT molecular complexity index is 1290. The molecule has 0 aromatic heterocycles. The molecule has 1 fully saturated rings. The standard InChI is InChI=1S/C67H127NO8/c1-3-5-7-9-11-13-15-17-19-21-23-25-27-29-31-33-35-37-39-41-43-45-47-49-51-53-55-57-63(71)68-60(59-75-67-66(74)65(73)64(72)62(58-69)76-67)61(70)56-54-52-50-48-46-44-42-40-38-36-34-32-30-28-26-24-22-20-18-16-14-12-10-8-6-4-2/h15,17,21,23,27,29,60-62,64-67,69-70,72-74H,3-14,16,18-20,22,24-26,28,30-59H2,1-2H3,(H,68,71)/b17-15-,23-21-,29-27-. The number of carbonyl (C=O) groups excluding carboxylic acids is 1. The first-order valence-corrected chi connectivity index (χ1v) is 33.2. The quantitative estimate of drug-likeness (QED) is 0.0261. The molecule has 0 aliphatic carbocycles. The molecule has 9 heteroatoms. The molecule has 448 valence electrons. The highest BCUT2D eigenvalue weighted by Gasteiger charge is 2.44. The van der Waals surface area contributed by atoms with Gasteiger partial charge in [-0.25, -0.2) is 0 Å². The maximum atomic E-state index is 13.1. The van der Waals surface area contributed by atoms with Gasteiger partial charge < -0.3 is 40.3 Å². The Hall–Kier alpha value is -1.59. The number of hydrogen-bond acceptors (Lipinski definition) is 8. The lowest BCUT2D eigenvalue weighted by atomic mass is 9.99. The Morgan fingerprint density at radius 2 is 0.776 bits per heavy atom. The lowest BCUT2D eigenvalue weighted by Gasteiger charge is -2.40. The number of unbranched alkanes of at least 4 members (excludes halogenated alkanes) is 42. The summed E-state index contributed by atoms with van der Waals surface area (Å²) in [5, 5.41) is 54.9. The fraction of sp³-hybridized carbons (Fsp3) is 0.896. The molecule has 0 aromatic rings. The van der Waals surface area contributed by atoms with Gasteiger partial charge in [0.05, 0.1) is 25.4 Å². The molecule has 0 radical (unpaired) electrons. The van der Waals surface area contributed by atoms with Gasteiger partial charge in [-0.15, -0.1) is 0 Å². The van der Waals surface area contributed by atoms with Crippen molar-refractivity contribution in [3.8, 4) is 0 Å². The molecule has 0 saturated carbocycles. The van der Waals surface area contributed by atoms with E-state index in [1.165, 1.54) is 250 Å². The van der Waals surface area contributed by atoms with Gasteiger partial charge in [-0.05, 0) is 51.4 Å². The molecule has 76 heavy (non-hydrogen) atoms. The number of ether oxygens (including phenoxy) is 2. The molecular formula is C67H127NO8. The summed E-state index contributed by atoms with van der Waals surface area (Å²) in [7, 11) is 0. The molecule has 0 aromatic carbocycles. The van der Waals surface area contributed by atoms with Gasteiger partial charge in [-0.3, -0.25) is 4.79 Å². The Labute approximate surface area is 470 Å². The summed E-state index contributed by atoms with van der Waals surface area (Å²) in [6.45, 7) is 3.87. The van der Waals surface area contributed by atoms with Crippen molar-refractivity contribution >= 4 is 5.91 Å². The van der Waals surface area contributed by atoms with Crippen molar-refractivity contribution in [3.63, 3.8) is 0 Å². The van der Waals surface area contributed by atoms with Crippen LogP contribution in [0.5, 0.6) is 0 Å². The van der Waals surface area contributed by atoms with Crippen LogP contribution in [-0.4, -0.2) is 87.5 Å². The smallest absolute Gasteiger partial charge is 0.220 e. The molecule has 0 spiro atoms. The minimum Gasteiger partial charge on any atom is -0.394 e. The molecule has 1 saturated heterocycles. The van der Waals surface area contributed by atoms with E-state index in [9.17, 15) is 30.3 Å². The lowest BCUT2D eigenvalue weighted by molar-refractivity contribution is -0.302. The van der Waals surface area contributed by atoms with Gasteiger partial charge >= 0.3 is 0 Å². The third-order valence-corrected chi connectivity index (χ3v) is 16.0. The van der Waals surface area contributed by atoms with Crippen LogP contribution in [-0.2, 0) is 14.3 Å². The summed E-state index contributed by atoms with van der Waals surface area (Å²) in [5.74, 6) is -0.142. The largest absolute Gasteiger partial charge is 0.394 e. The molecule has 7 atom stereocenters.